The summed E-state index contributed by atoms with van der Waals surface area (Å²) < 4.78 is 2.63. The fraction of sp³-hybridized carbons (Fsp3) is 0.333. The quantitative estimate of drug-likeness (QED) is 0.440. The SMILES string of the molecule is Oc1c2c3c4c5c1N=CC=5CC[N+]=4[C@]1(O)C[C@]34SC(C=C4C=C1Br)N2. The summed E-state index contributed by atoms with van der Waals surface area (Å²) in [5.74, 6) is 0.250. The Labute approximate surface area is 155 Å². The molecule has 6 aliphatic rings. The number of halogens is 1. The maximum absolute atomic E-state index is 11.7. The van der Waals surface area contributed by atoms with Crippen LogP contribution in [-0.4, -0.2) is 34.1 Å². The summed E-state index contributed by atoms with van der Waals surface area (Å²) in [6.45, 7) is 0.744. The molecular weight excluding hydrogens is 402 g/mol. The van der Waals surface area contributed by atoms with Crippen LogP contribution in [0.4, 0.5) is 11.4 Å². The lowest BCUT2D eigenvalue weighted by atomic mass is 9.74. The lowest BCUT2D eigenvalue weighted by Crippen LogP contribution is -2.66. The molecule has 0 saturated heterocycles. The molecule has 124 valence electrons. The zero-order valence-corrected chi connectivity index (χ0v) is 15.4. The molecular formula is C18H13BrN3O2S+. The van der Waals surface area contributed by atoms with Crippen LogP contribution in [0.2, 0.25) is 0 Å². The van der Waals surface area contributed by atoms with Gasteiger partial charge in [-0.3, -0.25) is 4.99 Å². The first kappa shape index (κ1) is 13.6. The number of aliphatic imine (C=N–C) groups is 1. The van der Waals surface area contributed by atoms with Gasteiger partial charge in [0.2, 0.25) is 5.36 Å². The van der Waals surface area contributed by atoms with Crippen LogP contribution in [0.3, 0.4) is 0 Å². The van der Waals surface area contributed by atoms with Gasteiger partial charge in [0.25, 0.3) is 0 Å². The monoisotopic (exact) mass is 414 g/mol. The molecule has 1 aromatic carbocycles. The van der Waals surface area contributed by atoms with Gasteiger partial charge in [0.1, 0.15) is 5.69 Å². The first-order valence-corrected chi connectivity index (χ1v) is 10.1. The molecule has 5 nitrogen and oxygen atoms in total. The molecule has 1 spiro atoms. The number of benzene rings is 1. The van der Waals surface area contributed by atoms with Crippen LogP contribution < -0.4 is 20.5 Å². The highest BCUT2D eigenvalue weighted by molar-refractivity contribution is 9.11. The van der Waals surface area contributed by atoms with E-state index in [1.807, 2.05) is 18.0 Å². The van der Waals surface area contributed by atoms with Gasteiger partial charge in [0.05, 0.1) is 37.5 Å². The molecule has 1 aliphatic carbocycles. The van der Waals surface area contributed by atoms with Crippen molar-refractivity contribution in [2.75, 3.05) is 11.9 Å². The Kier molecular flexibility index (Phi) is 2.04. The minimum Gasteiger partial charge on any atom is -0.504 e. The topological polar surface area (TPSA) is 67.9 Å². The number of anilines is 1. The molecule has 0 aromatic heterocycles. The molecule has 25 heavy (non-hydrogen) atoms. The van der Waals surface area contributed by atoms with Crippen LogP contribution >= 0.6 is 27.7 Å². The van der Waals surface area contributed by atoms with Crippen molar-refractivity contribution < 1.29 is 10.2 Å². The normalized spacial score (nSPS) is 37.1. The minimum atomic E-state index is -1.04. The predicted molar refractivity (Wildman–Crippen MR) is 101 cm³/mol. The minimum absolute atomic E-state index is 0.0986. The summed E-state index contributed by atoms with van der Waals surface area (Å²) in [4.78, 5) is 4.51. The van der Waals surface area contributed by atoms with Gasteiger partial charge in [0.15, 0.2) is 12.3 Å². The molecule has 0 fully saturated rings. The third-order valence-electron chi connectivity index (χ3n) is 6.39. The van der Waals surface area contributed by atoms with E-state index in [0.717, 1.165) is 44.8 Å². The summed E-state index contributed by atoms with van der Waals surface area (Å²) in [6.07, 6.45) is 7.59. The Balaban J connectivity index is 1.84. The molecule has 3 atom stereocenters. The standard InChI is InChI=1S/C18H12BrN3O2S/c19-9-3-8-4-10-21-14-12-15-11-7(5-20-13(11)16(14)23)1-2-22(15)18(9,24)6-17(8,12)25-10/h3-5,10,24H,1-2,6H2,(H,20,21,23)/p+1/t10?,17-,18+/m1/s1. The second kappa shape index (κ2) is 3.75. The maximum Gasteiger partial charge on any atom is 0.300 e. The van der Waals surface area contributed by atoms with Crippen LogP contribution in [-0.2, 0) is 4.75 Å². The largest absolute Gasteiger partial charge is 0.504 e. The molecule has 3 N–H and O–H groups in total. The number of nitrogens with zero attached hydrogens (tertiary/aromatic N) is 2. The van der Waals surface area contributed by atoms with Gasteiger partial charge in [-0.15, -0.1) is 11.8 Å². The van der Waals surface area contributed by atoms with Gasteiger partial charge in [-0.05, 0) is 39.2 Å². The number of fused-ring (bicyclic) bond motifs is 3. The third-order valence-corrected chi connectivity index (χ3v) is 8.75. The molecule has 7 rings (SSSR count). The summed E-state index contributed by atoms with van der Waals surface area (Å²) in [5.41, 5.74) is 3.90. The number of phenols is 1. The summed E-state index contributed by atoms with van der Waals surface area (Å²) in [5, 5.41) is 28.3. The number of phenolic OH excluding ortho intramolecular Hbond substituents is 1. The van der Waals surface area contributed by atoms with E-state index in [4.69, 9.17) is 0 Å². The van der Waals surface area contributed by atoms with Crippen LogP contribution in [0, 0.1) is 0 Å². The molecule has 5 aliphatic heterocycles. The average Bonchev–Trinajstić information content (AvgIpc) is 3.12. The van der Waals surface area contributed by atoms with Gasteiger partial charge in [-0.1, -0.05) is 0 Å². The molecule has 0 amide bonds. The Hall–Kier alpha value is -1.57. The van der Waals surface area contributed by atoms with Crippen molar-refractivity contribution in [3.8, 4) is 5.75 Å². The Morgan fingerprint density at radius 2 is 2.32 bits per heavy atom. The second-order valence-corrected chi connectivity index (χ2v) is 9.77. The van der Waals surface area contributed by atoms with E-state index in [-0.39, 0.29) is 15.9 Å². The number of thioether (sulfide) groups is 1. The lowest BCUT2D eigenvalue weighted by molar-refractivity contribution is -0.000680. The number of nitrogens with one attached hydrogen (secondary N) is 1. The van der Waals surface area contributed by atoms with Gasteiger partial charge in [-0.2, -0.15) is 4.58 Å². The van der Waals surface area contributed by atoms with Gasteiger partial charge in [-0.25, -0.2) is 0 Å². The molecule has 0 saturated carbocycles. The maximum atomic E-state index is 11.7. The van der Waals surface area contributed by atoms with Crippen molar-refractivity contribution in [1.82, 2.24) is 4.58 Å². The van der Waals surface area contributed by atoms with Crippen molar-refractivity contribution in [3.05, 3.63) is 38.3 Å². The van der Waals surface area contributed by atoms with Gasteiger partial charge >= 0.3 is 5.72 Å². The fourth-order valence-electron chi connectivity index (χ4n) is 5.39. The highest BCUT2D eigenvalue weighted by Gasteiger charge is 2.65. The number of allylic oxidation sites excluding steroid dienone is 1. The van der Waals surface area contributed by atoms with Crippen molar-refractivity contribution in [1.29, 1.82) is 0 Å². The first-order valence-electron chi connectivity index (χ1n) is 8.41. The van der Waals surface area contributed by atoms with E-state index < -0.39 is 5.72 Å². The average molecular weight is 415 g/mol. The summed E-state index contributed by atoms with van der Waals surface area (Å²) in [7, 11) is 0. The number of hydrogen-bond acceptors (Lipinski definition) is 5. The Bertz CT molecular complexity index is 1180. The molecule has 1 aromatic rings. The molecule has 1 unspecified atom stereocenters. The molecule has 0 radical (unpaired) electrons. The molecule has 7 heteroatoms. The lowest BCUT2D eigenvalue weighted by Gasteiger charge is -2.46. The molecule has 3 bridgehead atoms. The van der Waals surface area contributed by atoms with Crippen molar-refractivity contribution in [2.45, 2.75) is 28.7 Å². The smallest absolute Gasteiger partial charge is 0.300 e. The van der Waals surface area contributed by atoms with Crippen molar-refractivity contribution >= 4 is 50.9 Å². The summed E-state index contributed by atoms with van der Waals surface area (Å²) >= 11 is 5.50. The number of aliphatic hydroxyl groups is 1. The summed E-state index contributed by atoms with van der Waals surface area (Å²) in [6, 6.07) is 0. The van der Waals surface area contributed by atoms with E-state index in [1.165, 1.54) is 5.57 Å². The number of rotatable bonds is 0. The van der Waals surface area contributed by atoms with Gasteiger partial charge in [0, 0.05) is 12.6 Å². The van der Waals surface area contributed by atoms with Crippen molar-refractivity contribution in [3.63, 3.8) is 0 Å². The second-order valence-electron chi connectivity index (χ2n) is 7.47. The Morgan fingerprint density at radius 1 is 1.44 bits per heavy atom. The van der Waals surface area contributed by atoms with Gasteiger partial charge < -0.3 is 15.5 Å². The van der Waals surface area contributed by atoms with E-state index in [1.54, 1.807) is 0 Å². The first-order chi connectivity index (χ1) is 12.0. The number of aromatic hydroxyl groups is 1. The van der Waals surface area contributed by atoms with E-state index >= 15 is 0 Å². The number of hydrogen-bond donors (Lipinski definition) is 3. The Morgan fingerprint density at radius 3 is 3.20 bits per heavy atom. The van der Waals surface area contributed by atoms with Crippen LogP contribution in [0.5, 0.6) is 5.75 Å². The van der Waals surface area contributed by atoms with E-state index in [0.29, 0.717) is 12.1 Å². The van der Waals surface area contributed by atoms with E-state index in [2.05, 4.69) is 43.0 Å². The van der Waals surface area contributed by atoms with Crippen LogP contribution in [0.25, 0.3) is 5.57 Å². The predicted octanol–water partition coefficient (Wildman–Crippen LogP) is 1.16. The zero-order valence-electron chi connectivity index (χ0n) is 13.0. The fourth-order valence-corrected chi connectivity index (χ4v) is 7.68. The van der Waals surface area contributed by atoms with Crippen LogP contribution in [0.1, 0.15) is 18.4 Å². The van der Waals surface area contributed by atoms with Crippen LogP contribution in [0.15, 0.2) is 27.2 Å². The highest BCUT2D eigenvalue weighted by atomic mass is 79.9. The third kappa shape index (κ3) is 1.22. The highest BCUT2D eigenvalue weighted by Crippen LogP contribution is 2.64. The zero-order chi connectivity index (χ0) is 16.7. The van der Waals surface area contributed by atoms with E-state index in [9.17, 15) is 10.2 Å². The van der Waals surface area contributed by atoms with Crippen molar-refractivity contribution in [2.24, 2.45) is 4.99 Å². The molecule has 5 heterocycles.